The third-order valence-corrected chi connectivity index (χ3v) is 6.63. The largest absolute Gasteiger partial charge is 0.233 e. The van der Waals surface area contributed by atoms with Crippen LogP contribution in [0, 0.1) is 0 Å². The summed E-state index contributed by atoms with van der Waals surface area (Å²) in [5.74, 6) is 1.27. The Balaban J connectivity index is 1.67. The van der Waals surface area contributed by atoms with Gasteiger partial charge in [-0.15, -0.1) is 0 Å². The van der Waals surface area contributed by atoms with Gasteiger partial charge in [0.2, 0.25) is 0 Å². The molecule has 0 aliphatic carbocycles. The molecule has 3 heteroatoms. The number of halogens is 1. The molecule has 168 valence electrons. The quantitative estimate of drug-likeness (QED) is 0.215. The minimum Gasteiger partial charge on any atom is -0.233 e. The Hall–Kier alpha value is -2.78. The van der Waals surface area contributed by atoms with Crippen LogP contribution in [0.3, 0.4) is 0 Å². The minimum absolute atomic E-state index is 0.333. The van der Waals surface area contributed by atoms with Crippen LogP contribution in [0.5, 0.6) is 0 Å². The zero-order valence-corrected chi connectivity index (χ0v) is 21.1. The predicted molar refractivity (Wildman–Crippen MR) is 143 cm³/mol. The van der Waals surface area contributed by atoms with E-state index in [0.717, 1.165) is 39.2 Å². The van der Waals surface area contributed by atoms with E-state index in [4.69, 9.17) is 9.97 Å². The van der Waals surface area contributed by atoms with E-state index in [1.54, 1.807) is 0 Å². The first-order valence-electron chi connectivity index (χ1n) is 11.9. The van der Waals surface area contributed by atoms with Crippen LogP contribution in [-0.4, -0.2) is 9.97 Å². The van der Waals surface area contributed by atoms with Crippen molar-refractivity contribution in [3.05, 3.63) is 95.2 Å². The highest BCUT2D eigenvalue weighted by Gasteiger charge is 2.14. The Kier molecular flexibility index (Phi) is 8.06. The smallest absolute Gasteiger partial charge is 0.132 e. The monoisotopic (exact) mass is 498 g/mol. The van der Waals surface area contributed by atoms with Crippen LogP contribution in [0.15, 0.2) is 89.4 Å². The molecule has 1 aromatic heterocycles. The minimum atomic E-state index is 0.333. The van der Waals surface area contributed by atoms with Crippen molar-refractivity contribution in [1.29, 1.82) is 0 Å². The lowest BCUT2D eigenvalue weighted by Crippen LogP contribution is -2.04. The van der Waals surface area contributed by atoms with Crippen molar-refractivity contribution in [1.82, 2.24) is 9.97 Å². The highest BCUT2D eigenvalue weighted by molar-refractivity contribution is 9.10. The van der Waals surface area contributed by atoms with Gasteiger partial charge < -0.3 is 0 Å². The second kappa shape index (κ2) is 11.4. The van der Waals surface area contributed by atoms with Gasteiger partial charge >= 0.3 is 0 Å². The molecule has 0 bridgehead atoms. The van der Waals surface area contributed by atoms with Crippen LogP contribution in [0.25, 0.3) is 33.6 Å². The molecule has 33 heavy (non-hydrogen) atoms. The molecule has 4 aromatic rings. The topological polar surface area (TPSA) is 25.8 Å². The fourth-order valence-corrected chi connectivity index (χ4v) is 4.34. The summed E-state index contributed by atoms with van der Waals surface area (Å²) in [5, 5.41) is 0. The first-order valence-corrected chi connectivity index (χ1v) is 12.7. The van der Waals surface area contributed by atoms with Gasteiger partial charge in [0.05, 0.1) is 11.4 Å². The number of rotatable bonds is 9. The molecule has 0 N–H and O–H groups in total. The van der Waals surface area contributed by atoms with Gasteiger partial charge in [-0.1, -0.05) is 122 Å². The van der Waals surface area contributed by atoms with Crippen molar-refractivity contribution >= 4 is 15.9 Å². The lowest BCUT2D eigenvalue weighted by atomic mass is 9.99. The summed E-state index contributed by atoms with van der Waals surface area (Å²) in [6, 6.07) is 29.7. The van der Waals surface area contributed by atoms with E-state index < -0.39 is 0 Å². The van der Waals surface area contributed by atoms with Crippen molar-refractivity contribution in [2.45, 2.75) is 51.9 Å². The molecule has 1 heterocycles. The first kappa shape index (κ1) is 23.4. The Morgan fingerprint density at radius 2 is 1.21 bits per heavy atom. The van der Waals surface area contributed by atoms with Gasteiger partial charge in [0.15, 0.2) is 0 Å². The van der Waals surface area contributed by atoms with E-state index in [0.29, 0.717) is 5.92 Å². The molecular formula is C30H31BrN2. The Morgan fingerprint density at radius 1 is 0.667 bits per heavy atom. The van der Waals surface area contributed by atoms with Crippen molar-refractivity contribution in [2.24, 2.45) is 0 Å². The Labute approximate surface area is 206 Å². The molecule has 0 amide bonds. The number of hydrogen-bond acceptors (Lipinski definition) is 2. The summed E-state index contributed by atoms with van der Waals surface area (Å²) in [6.45, 7) is 4.51. The highest BCUT2D eigenvalue weighted by Crippen LogP contribution is 2.30. The van der Waals surface area contributed by atoms with Gasteiger partial charge in [-0.3, -0.25) is 0 Å². The number of nitrogens with zero attached hydrogens (tertiary/aromatic N) is 2. The van der Waals surface area contributed by atoms with Crippen LogP contribution >= 0.6 is 15.9 Å². The van der Waals surface area contributed by atoms with Crippen LogP contribution in [0.4, 0.5) is 0 Å². The van der Waals surface area contributed by atoms with Crippen LogP contribution in [0.1, 0.15) is 57.7 Å². The van der Waals surface area contributed by atoms with E-state index in [9.17, 15) is 0 Å². The van der Waals surface area contributed by atoms with Crippen molar-refractivity contribution in [3.8, 4) is 33.6 Å². The summed E-state index contributed by atoms with van der Waals surface area (Å²) in [6.07, 6.45) is 6.18. The third kappa shape index (κ3) is 6.17. The van der Waals surface area contributed by atoms with Crippen LogP contribution < -0.4 is 0 Å². The maximum absolute atomic E-state index is 5.03. The Bertz CT molecular complexity index is 1150. The SMILES string of the molecule is CCCCCCC(C)c1nc(-c2ccc(Br)cc2)cc(-c2ccc(-c3ccccc3)cc2)n1. The molecule has 0 aliphatic rings. The van der Waals surface area contributed by atoms with Gasteiger partial charge in [0, 0.05) is 21.5 Å². The average molecular weight is 499 g/mol. The molecule has 4 rings (SSSR count). The maximum Gasteiger partial charge on any atom is 0.132 e. The summed E-state index contributed by atoms with van der Waals surface area (Å²) >= 11 is 3.54. The molecular weight excluding hydrogens is 468 g/mol. The average Bonchev–Trinajstić information content (AvgIpc) is 2.87. The molecule has 2 nitrogen and oxygen atoms in total. The van der Waals surface area contributed by atoms with Crippen molar-refractivity contribution in [3.63, 3.8) is 0 Å². The van der Waals surface area contributed by atoms with Crippen LogP contribution in [-0.2, 0) is 0 Å². The molecule has 0 saturated heterocycles. The van der Waals surface area contributed by atoms with Gasteiger partial charge in [-0.05, 0) is 35.7 Å². The highest BCUT2D eigenvalue weighted by atomic mass is 79.9. The number of aromatic nitrogens is 2. The second-order valence-corrected chi connectivity index (χ2v) is 9.61. The number of hydrogen-bond donors (Lipinski definition) is 0. The maximum atomic E-state index is 5.03. The lowest BCUT2D eigenvalue weighted by Gasteiger charge is -2.14. The third-order valence-electron chi connectivity index (χ3n) is 6.10. The first-order chi connectivity index (χ1) is 16.1. The fourth-order valence-electron chi connectivity index (χ4n) is 4.07. The van der Waals surface area contributed by atoms with E-state index in [1.165, 1.54) is 36.8 Å². The normalized spacial score (nSPS) is 12.0. The van der Waals surface area contributed by atoms with Gasteiger partial charge in [-0.2, -0.15) is 0 Å². The molecule has 0 radical (unpaired) electrons. The van der Waals surface area contributed by atoms with Crippen molar-refractivity contribution in [2.75, 3.05) is 0 Å². The molecule has 1 unspecified atom stereocenters. The van der Waals surface area contributed by atoms with E-state index in [-0.39, 0.29) is 0 Å². The molecule has 3 aromatic carbocycles. The number of benzene rings is 3. The molecule has 0 aliphatic heterocycles. The second-order valence-electron chi connectivity index (χ2n) is 8.70. The summed E-state index contributed by atoms with van der Waals surface area (Å²) in [7, 11) is 0. The Morgan fingerprint density at radius 3 is 1.82 bits per heavy atom. The number of unbranched alkanes of at least 4 members (excludes halogenated alkanes) is 3. The fraction of sp³-hybridized carbons (Fsp3) is 0.267. The standard InChI is InChI=1S/C30H31BrN2/c1-3-4-5-7-10-22(2)30-32-28(21-29(33-30)26-17-19-27(31)20-18-26)25-15-13-24(14-16-25)23-11-8-6-9-12-23/h6,8-9,11-22H,3-5,7,10H2,1-2H3. The predicted octanol–water partition coefficient (Wildman–Crippen LogP) is 9.31. The van der Waals surface area contributed by atoms with Crippen molar-refractivity contribution < 1.29 is 0 Å². The summed E-state index contributed by atoms with van der Waals surface area (Å²) < 4.78 is 1.07. The summed E-state index contributed by atoms with van der Waals surface area (Å²) in [4.78, 5) is 10.0. The lowest BCUT2D eigenvalue weighted by molar-refractivity contribution is 0.562. The molecule has 0 spiro atoms. The van der Waals surface area contributed by atoms with Gasteiger partial charge in [0.1, 0.15) is 5.82 Å². The van der Waals surface area contributed by atoms with Gasteiger partial charge in [0.25, 0.3) is 0 Å². The van der Waals surface area contributed by atoms with E-state index in [2.05, 4.69) is 109 Å². The molecule has 1 atom stereocenters. The molecule has 0 fully saturated rings. The zero-order chi connectivity index (χ0) is 23.0. The van der Waals surface area contributed by atoms with E-state index in [1.807, 2.05) is 6.07 Å². The summed E-state index contributed by atoms with van der Waals surface area (Å²) in [5.41, 5.74) is 6.64. The van der Waals surface area contributed by atoms with Gasteiger partial charge in [-0.25, -0.2) is 9.97 Å². The van der Waals surface area contributed by atoms with Crippen LogP contribution in [0.2, 0.25) is 0 Å². The molecule has 0 saturated carbocycles. The zero-order valence-electron chi connectivity index (χ0n) is 19.5. The van der Waals surface area contributed by atoms with E-state index >= 15 is 0 Å².